The second-order valence-corrected chi connectivity index (χ2v) is 3.06. The van der Waals surface area contributed by atoms with Crippen LogP contribution in [-0.4, -0.2) is 17.1 Å². The van der Waals surface area contributed by atoms with Crippen LogP contribution in [-0.2, 0) is 4.79 Å². The van der Waals surface area contributed by atoms with Gasteiger partial charge in [0.2, 0.25) is 0 Å². The van der Waals surface area contributed by atoms with Gasteiger partial charge in [-0.1, -0.05) is 0 Å². The molecule has 3 nitrogen and oxygen atoms in total. The minimum absolute atomic E-state index is 0.204. The zero-order chi connectivity index (χ0) is 7.72. The van der Waals surface area contributed by atoms with Gasteiger partial charge in [-0.25, -0.2) is 0 Å². The van der Waals surface area contributed by atoms with Crippen molar-refractivity contribution < 1.29 is 9.90 Å². The molecule has 0 radical (unpaired) electrons. The Hall–Kier alpha value is -0.570. The molecule has 10 heavy (non-hydrogen) atoms. The summed E-state index contributed by atoms with van der Waals surface area (Å²) in [6, 6.07) is -0.204. The Morgan fingerprint density at radius 1 is 1.70 bits per heavy atom. The largest absolute Gasteiger partial charge is 0.481 e. The molecule has 0 amide bonds. The molecule has 0 heterocycles. The van der Waals surface area contributed by atoms with Crippen LogP contribution in [0.1, 0.15) is 19.8 Å². The third kappa shape index (κ3) is 1.48. The highest BCUT2D eigenvalue weighted by Crippen LogP contribution is 2.38. The monoisotopic (exact) mass is 143 g/mol. The molecule has 0 saturated heterocycles. The van der Waals surface area contributed by atoms with Crippen molar-refractivity contribution in [2.24, 2.45) is 17.6 Å². The molecule has 0 aliphatic heterocycles. The molecule has 3 heteroatoms. The van der Waals surface area contributed by atoms with Crippen molar-refractivity contribution >= 4 is 5.97 Å². The average Bonchev–Trinajstić information content (AvgIpc) is 2.46. The maximum atomic E-state index is 10.5. The first-order valence-corrected chi connectivity index (χ1v) is 3.61. The molecule has 2 unspecified atom stereocenters. The predicted octanol–water partition coefficient (Wildman–Crippen LogP) is 0.444. The van der Waals surface area contributed by atoms with Crippen LogP contribution in [0.15, 0.2) is 0 Å². The van der Waals surface area contributed by atoms with Crippen LogP contribution >= 0.6 is 0 Å². The fourth-order valence-electron chi connectivity index (χ4n) is 1.31. The minimum atomic E-state index is -0.738. The van der Waals surface area contributed by atoms with Crippen molar-refractivity contribution in [3.63, 3.8) is 0 Å². The molecule has 1 aliphatic rings. The summed E-state index contributed by atoms with van der Waals surface area (Å²) in [7, 11) is 0. The van der Waals surface area contributed by atoms with Crippen LogP contribution in [0.4, 0.5) is 0 Å². The maximum Gasteiger partial charge on any atom is 0.308 e. The smallest absolute Gasteiger partial charge is 0.308 e. The lowest BCUT2D eigenvalue weighted by Gasteiger charge is -2.14. The van der Waals surface area contributed by atoms with E-state index in [0.29, 0.717) is 5.92 Å². The highest BCUT2D eigenvalue weighted by atomic mass is 16.4. The SMILES string of the molecule is CC(N)C(C(=O)O)C1CC1. The summed E-state index contributed by atoms with van der Waals surface area (Å²) in [5.41, 5.74) is 5.50. The van der Waals surface area contributed by atoms with E-state index in [2.05, 4.69) is 0 Å². The summed E-state index contributed by atoms with van der Waals surface area (Å²) in [4.78, 5) is 10.5. The number of carbonyl (C=O) groups is 1. The van der Waals surface area contributed by atoms with Crippen LogP contribution in [0.25, 0.3) is 0 Å². The summed E-state index contributed by atoms with van der Waals surface area (Å²) in [5, 5.41) is 8.67. The Labute approximate surface area is 60.2 Å². The van der Waals surface area contributed by atoms with Gasteiger partial charge in [0.15, 0.2) is 0 Å². The number of aliphatic carboxylic acids is 1. The van der Waals surface area contributed by atoms with E-state index in [1.807, 2.05) is 0 Å². The highest BCUT2D eigenvalue weighted by molar-refractivity contribution is 5.71. The van der Waals surface area contributed by atoms with Crippen molar-refractivity contribution in [3.8, 4) is 0 Å². The third-order valence-electron chi connectivity index (χ3n) is 1.98. The van der Waals surface area contributed by atoms with Crippen LogP contribution in [0, 0.1) is 11.8 Å². The summed E-state index contributed by atoms with van der Waals surface area (Å²) < 4.78 is 0. The van der Waals surface area contributed by atoms with Crippen molar-refractivity contribution in [1.29, 1.82) is 0 Å². The molecule has 2 atom stereocenters. The van der Waals surface area contributed by atoms with Crippen LogP contribution < -0.4 is 5.73 Å². The van der Waals surface area contributed by atoms with Gasteiger partial charge in [0, 0.05) is 6.04 Å². The van der Waals surface area contributed by atoms with E-state index in [9.17, 15) is 4.79 Å². The molecule has 1 rings (SSSR count). The molecule has 0 aromatic heterocycles. The van der Waals surface area contributed by atoms with Gasteiger partial charge in [-0.05, 0) is 25.7 Å². The maximum absolute atomic E-state index is 10.5. The number of rotatable bonds is 3. The molecule has 1 fully saturated rings. The average molecular weight is 143 g/mol. The Kier molecular flexibility index (Phi) is 1.94. The Balaban J connectivity index is 2.49. The molecule has 58 valence electrons. The molecule has 0 aromatic rings. The van der Waals surface area contributed by atoms with Crippen LogP contribution in [0.3, 0.4) is 0 Å². The van der Waals surface area contributed by atoms with Gasteiger partial charge in [0.1, 0.15) is 0 Å². The quantitative estimate of drug-likeness (QED) is 0.602. The third-order valence-corrected chi connectivity index (χ3v) is 1.98. The van der Waals surface area contributed by atoms with Crippen LogP contribution in [0.2, 0.25) is 0 Å². The Morgan fingerprint density at radius 3 is 2.30 bits per heavy atom. The van der Waals surface area contributed by atoms with Crippen molar-refractivity contribution in [2.45, 2.75) is 25.8 Å². The molecule has 3 N–H and O–H groups in total. The van der Waals surface area contributed by atoms with Gasteiger partial charge in [-0.2, -0.15) is 0 Å². The molecular weight excluding hydrogens is 130 g/mol. The first kappa shape index (κ1) is 7.54. The lowest BCUT2D eigenvalue weighted by atomic mass is 9.97. The summed E-state index contributed by atoms with van der Waals surface area (Å²) in [5.74, 6) is -0.685. The minimum Gasteiger partial charge on any atom is -0.481 e. The second-order valence-electron chi connectivity index (χ2n) is 3.06. The molecule has 0 spiro atoms. The highest BCUT2D eigenvalue weighted by Gasteiger charge is 2.38. The normalized spacial score (nSPS) is 23.8. The van der Waals surface area contributed by atoms with Crippen LogP contribution in [0.5, 0.6) is 0 Å². The van der Waals surface area contributed by atoms with E-state index < -0.39 is 5.97 Å². The lowest BCUT2D eigenvalue weighted by molar-refractivity contribution is -0.143. The zero-order valence-electron chi connectivity index (χ0n) is 6.08. The number of hydrogen-bond acceptors (Lipinski definition) is 2. The molecule has 0 bridgehead atoms. The number of nitrogens with two attached hydrogens (primary N) is 1. The van der Waals surface area contributed by atoms with E-state index in [0.717, 1.165) is 12.8 Å². The van der Waals surface area contributed by atoms with E-state index in [1.54, 1.807) is 6.92 Å². The Bertz CT molecular complexity index is 139. The predicted molar refractivity (Wildman–Crippen MR) is 37.5 cm³/mol. The van der Waals surface area contributed by atoms with Gasteiger partial charge in [-0.15, -0.1) is 0 Å². The first-order chi connectivity index (χ1) is 4.63. The summed E-state index contributed by atoms with van der Waals surface area (Å²) in [6.45, 7) is 1.76. The zero-order valence-corrected chi connectivity index (χ0v) is 6.08. The van der Waals surface area contributed by atoms with Crippen molar-refractivity contribution in [1.82, 2.24) is 0 Å². The Morgan fingerprint density at radius 2 is 2.20 bits per heavy atom. The summed E-state index contributed by atoms with van der Waals surface area (Å²) in [6.07, 6.45) is 2.08. The molecule has 1 aliphatic carbocycles. The number of carboxylic acid groups (broad SMARTS) is 1. The topological polar surface area (TPSA) is 63.3 Å². The van der Waals surface area contributed by atoms with Gasteiger partial charge >= 0.3 is 5.97 Å². The molecule has 1 saturated carbocycles. The van der Waals surface area contributed by atoms with E-state index in [-0.39, 0.29) is 12.0 Å². The fourth-order valence-corrected chi connectivity index (χ4v) is 1.31. The lowest BCUT2D eigenvalue weighted by Crippen LogP contribution is -2.34. The van der Waals surface area contributed by atoms with Gasteiger partial charge in [0.05, 0.1) is 5.92 Å². The van der Waals surface area contributed by atoms with Gasteiger partial charge < -0.3 is 10.8 Å². The van der Waals surface area contributed by atoms with E-state index in [1.165, 1.54) is 0 Å². The van der Waals surface area contributed by atoms with E-state index >= 15 is 0 Å². The van der Waals surface area contributed by atoms with Gasteiger partial charge in [-0.3, -0.25) is 4.79 Å². The molecular formula is C7H13NO2. The van der Waals surface area contributed by atoms with Crippen molar-refractivity contribution in [2.75, 3.05) is 0 Å². The number of carboxylic acids is 1. The second kappa shape index (κ2) is 2.58. The van der Waals surface area contributed by atoms with Crippen molar-refractivity contribution in [3.05, 3.63) is 0 Å². The van der Waals surface area contributed by atoms with E-state index in [4.69, 9.17) is 10.8 Å². The van der Waals surface area contributed by atoms with Gasteiger partial charge in [0.25, 0.3) is 0 Å². The standard InChI is InChI=1S/C7H13NO2/c1-4(8)6(7(9)10)5-2-3-5/h4-6H,2-3,8H2,1H3,(H,9,10). The first-order valence-electron chi connectivity index (χ1n) is 3.61. The fraction of sp³-hybridized carbons (Fsp3) is 0.857. The molecule has 0 aromatic carbocycles. The number of hydrogen-bond donors (Lipinski definition) is 2. The summed E-state index contributed by atoms with van der Waals surface area (Å²) >= 11 is 0.